The van der Waals surface area contributed by atoms with Gasteiger partial charge in [-0.25, -0.2) is 4.39 Å². The van der Waals surface area contributed by atoms with Crippen molar-refractivity contribution in [1.29, 1.82) is 0 Å². The maximum absolute atomic E-state index is 13.7. The molecule has 1 heterocycles. The minimum Gasteiger partial charge on any atom is -0.494 e. The largest absolute Gasteiger partial charge is 0.494 e. The molecule has 6 nitrogen and oxygen atoms in total. The zero-order chi connectivity index (χ0) is 18.5. The molecule has 3 rings (SSSR count). The molecule has 7 heteroatoms. The fourth-order valence-corrected chi connectivity index (χ4v) is 2.74. The molecular weight excluding hydrogens is 339 g/mol. The van der Waals surface area contributed by atoms with E-state index in [0.717, 1.165) is 5.56 Å². The molecule has 138 valence electrons. The van der Waals surface area contributed by atoms with Gasteiger partial charge in [0.15, 0.2) is 23.1 Å². The lowest BCUT2D eigenvalue weighted by molar-refractivity contribution is -0.117. The number of nitrogens with one attached hydrogen (secondary N) is 1. The van der Waals surface area contributed by atoms with Gasteiger partial charge in [-0.1, -0.05) is 6.07 Å². The van der Waals surface area contributed by atoms with Gasteiger partial charge < -0.3 is 19.5 Å². The van der Waals surface area contributed by atoms with E-state index in [0.29, 0.717) is 36.9 Å². The summed E-state index contributed by atoms with van der Waals surface area (Å²) >= 11 is 0. The van der Waals surface area contributed by atoms with Crippen LogP contribution in [-0.4, -0.2) is 44.7 Å². The first-order valence-corrected chi connectivity index (χ1v) is 8.25. The average molecular weight is 360 g/mol. The number of fused-ring (bicyclic) bond motifs is 1. The third-order valence-corrected chi connectivity index (χ3v) is 3.91. The van der Waals surface area contributed by atoms with E-state index in [1.807, 2.05) is 0 Å². The second kappa shape index (κ2) is 8.05. The lowest BCUT2D eigenvalue weighted by Gasteiger charge is -2.20. The highest BCUT2D eigenvalue weighted by Crippen LogP contribution is 2.32. The molecule has 0 aliphatic carbocycles. The van der Waals surface area contributed by atoms with Crippen LogP contribution in [0.15, 0.2) is 36.4 Å². The number of amides is 1. The van der Waals surface area contributed by atoms with Crippen molar-refractivity contribution < 1.29 is 23.4 Å². The summed E-state index contributed by atoms with van der Waals surface area (Å²) in [5.74, 6) is 0.911. The Bertz CT molecular complexity index is 797. The van der Waals surface area contributed by atoms with Crippen LogP contribution >= 0.6 is 0 Å². The summed E-state index contributed by atoms with van der Waals surface area (Å²) in [6.07, 6.45) is 0. The number of methoxy groups -OCH3 is 1. The summed E-state index contributed by atoms with van der Waals surface area (Å²) in [5.41, 5.74) is 1.40. The Kier molecular flexibility index (Phi) is 5.58. The number of halogens is 1. The number of hydrogen-bond donors (Lipinski definition) is 1. The predicted molar refractivity (Wildman–Crippen MR) is 95.3 cm³/mol. The van der Waals surface area contributed by atoms with Gasteiger partial charge in [-0.05, 0) is 36.9 Å². The second-order valence-corrected chi connectivity index (χ2v) is 6.05. The van der Waals surface area contributed by atoms with Crippen molar-refractivity contribution in [1.82, 2.24) is 4.90 Å². The number of carbonyl (C=O) groups is 1. The first-order valence-electron chi connectivity index (χ1n) is 8.25. The van der Waals surface area contributed by atoms with Gasteiger partial charge in [0.25, 0.3) is 0 Å². The maximum atomic E-state index is 13.7. The minimum absolute atomic E-state index is 0.168. The Labute approximate surface area is 151 Å². The molecule has 0 bridgehead atoms. The van der Waals surface area contributed by atoms with Crippen molar-refractivity contribution in [2.75, 3.05) is 39.2 Å². The molecule has 26 heavy (non-hydrogen) atoms. The van der Waals surface area contributed by atoms with Crippen LogP contribution < -0.4 is 19.5 Å². The highest BCUT2D eigenvalue weighted by Gasteiger charge is 2.14. The first-order chi connectivity index (χ1) is 12.5. The van der Waals surface area contributed by atoms with Gasteiger partial charge in [-0.15, -0.1) is 0 Å². The van der Waals surface area contributed by atoms with Crippen LogP contribution in [0.25, 0.3) is 0 Å². The number of rotatable bonds is 6. The van der Waals surface area contributed by atoms with Crippen LogP contribution in [0, 0.1) is 5.82 Å². The monoisotopic (exact) mass is 360 g/mol. The lowest BCUT2D eigenvalue weighted by atomic mass is 10.2. The molecule has 2 aromatic rings. The van der Waals surface area contributed by atoms with Gasteiger partial charge in [0, 0.05) is 18.3 Å². The topological polar surface area (TPSA) is 60.0 Å². The van der Waals surface area contributed by atoms with Crippen molar-refractivity contribution in [2.24, 2.45) is 0 Å². The molecule has 0 saturated carbocycles. The highest BCUT2D eigenvalue weighted by molar-refractivity contribution is 5.92. The van der Waals surface area contributed by atoms with Crippen LogP contribution in [0.5, 0.6) is 17.2 Å². The molecule has 0 radical (unpaired) electrons. The number of benzene rings is 2. The number of hydrogen-bond acceptors (Lipinski definition) is 5. The molecule has 0 fully saturated rings. The minimum atomic E-state index is -0.417. The maximum Gasteiger partial charge on any atom is 0.238 e. The van der Waals surface area contributed by atoms with Gasteiger partial charge in [-0.2, -0.15) is 0 Å². The quantitative estimate of drug-likeness (QED) is 0.858. The Balaban J connectivity index is 1.55. The van der Waals surface area contributed by atoms with Crippen molar-refractivity contribution in [2.45, 2.75) is 6.54 Å². The van der Waals surface area contributed by atoms with E-state index in [4.69, 9.17) is 14.2 Å². The van der Waals surface area contributed by atoms with Gasteiger partial charge in [0.05, 0.1) is 13.7 Å². The summed E-state index contributed by atoms with van der Waals surface area (Å²) in [5, 5.41) is 2.83. The van der Waals surface area contributed by atoms with Gasteiger partial charge in [0.1, 0.15) is 13.2 Å². The molecule has 1 N–H and O–H groups in total. The van der Waals surface area contributed by atoms with Crippen LogP contribution in [0.4, 0.5) is 10.1 Å². The number of anilines is 1. The molecule has 0 spiro atoms. The fraction of sp³-hybridized carbons (Fsp3) is 0.316. The molecule has 1 amide bonds. The molecule has 0 aromatic heterocycles. The lowest BCUT2D eigenvalue weighted by Crippen LogP contribution is -2.29. The van der Waals surface area contributed by atoms with E-state index >= 15 is 0 Å². The number of ether oxygens (including phenoxy) is 3. The van der Waals surface area contributed by atoms with Crippen LogP contribution in [0.3, 0.4) is 0 Å². The molecule has 1 aliphatic heterocycles. The summed E-state index contributed by atoms with van der Waals surface area (Å²) in [6, 6.07) is 10.0. The summed E-state index contributed by atoms with van der Waals surface area (Å²) in [7, 11) is 3.22. The third kappa shape index (κ3) is 4.43. The molecular formula is C19H21FN2O4. The fourth-order valence-electron chi connectivity index (χ4n) is 2.74. The van der Waals surface area contributed by atoms with E-state index in [9.17, 15) is 9.18 Å². The summed E-state index contributed by atoms with van der Waals surface area (Å²) in [4.78, 5) is 14.0. The van der Waals surface area contributed by atoms with Crippen molar-refractivity contribution >= 4 is 11.6 Å². The Morgan fingerprint density at radius 3 is 2.69 bits per heavy atom. The van der Waals surface area contributed by atoms with Gasteiger partial charge in [-0.3, -0.25) is 9.69 Å². The Morgan fingerprint density at radius 2 is 1.96 bits per heavy atom. The van der Waals surface area contributed by atoms with Crippen LogP contribution in [-0.2, 0) is 11.3 Å². The second-order valence-electron chi connectivity index (χ2n) is 6.05. The number of carbonyl (C=O) groups excluding carboxylic acids is 1. The standard InChI is InChI=1S/C19H21FN2O4/c1-22(11-13-3-5-16(24-2)15(20)9-13)12-19(23)21-14-4-6-17-18(10-14)26-8-7-25-17/h3-6,9-10H,7-8,11-12H2,1-2H3,(H,21,23). The average Bonchev–Trinajstić information content (AvgIpc) is 2.61. The van der Waals surface area contributed by atoms with E-state index in [-0.39, 0.29) is 18.2 Å². The van der Waals surface area contributed by atoms with E-state index in [1.165, 1.54) is 13.2 Å². The smallest absolute Gasteiger partial charge is 0.238 e. The normalized spacial score (nSPS) is 12.8. The third-order valence-electron chi connectivity index (χ3n) is 3.91. The van der Waals surface area contributed by atoms with E-state index in [2.05, 4.69) is 5.32 Å². The molecule has 0 saturated heterocycles. The zero-order valence-electron chi connectivity index (χ0n) is 14.8. The number of nitrogens with zero attached hydrogens (tertiary/aromatic N) is 1. The van der Waals surface area contributed by atoms with E-state index in [1.54, 1.807) is 42.3 Å². The molecule has 2 aromatic carbocycles. The zero-order valence-corrected chi connectivity index (χ0v) is 14.8. The van der Waals surface area contributed by atoms with Crippen molar-refractivity contribution in [3.8, 4) is 17.2 Å². The van der Waals surface area contributed by atoms with Crippen molar-refractivity contribution in [3.63, 3.8) is 0 Å². The molecule has 0 unspecified atom stereocenters. The molecule has 1 aliphatic rings. The Morgan fingerprint density at radius 1 is 1.19 bits per heavy atom. The van der Waals surface area contributed by atoms with Crippen molar-refractivity contribution in [3.05, 3.63) is 47.8 Å². The van der Waals surface area contributed by atoms with Crippen LogP contribution in [0.2, 0.25) is 0 Å². The summed E-state index contributed by atoms with van der Waals surface area (Å²) < 4.78 is 29.6. The van der Waals surface area contributed by atoms with Gasteiger partial charge >= 0.3 is 0 Å². The molecule has 0 atom stereocenters. The van der Waals surface area contributed by atoms with Crippen LogP contribution in [0.1, 0.15) is 5.56 Å². The number of likely N-dealkylation sites (N-methyl/N-ethyl adjacent to an activating group) is 1. The predicted octanol–water partition coefficient (Wildman–Crippen LogP) is 2.68. The Hall–Kier alpha value is -2.80. The summed E-state index contributed by atoms with van der Waals surface area (Å²) in [6.45, 7) is 1.62. The van der Waals surface area contributed by atoms with Gasteiger partial charge in [0.2, 0.25) is 5.91 Å². The van der Waals surface area contributed by atoms with E-state index < -0.39 is 5.82 Å². The highest BCUT2D eigenvalue weighted by atomic mass is 19.1. The first kappa shape index (κ1) is 18.0. The SMILES string of the molecule is COc1ccc(CN(C)CC(=O)Nc2ccc3c(c2)OCCO3)cc1F.